The lowest BCUT2D eigenvalue weighted by Gasteiger charge is -2.16. The number of nitriles is 1. The van der Waals surface area contributed by atoms with Gasteiger partial charge < -0.3 is 10.1 Å². The Labute approximate surface area is 123 Å². The second-order valence-electron chi connectivity index (χ2n) is 4.39. The summed E-state index contributed by atoms with van der Waals surface area (Å²) in [5.41, 5.74) is 2.10. The summed E-state index contributed by atoms with van der Waals surface area (Å²) < 4.78 is 5.28. The minimum atomic E-state index is 0.0518. The number of hydrogen-bond donors (Lipinski definition) is 1. The average Bonchev–Trinajstić information content (AvgIpc) is 2.46. The number of rotatable bonds is 5. The fraction of sp³-hybridized carbons (Fsp3) is 0.188. The minimum absolute atomic E-state index is 0.0518. The number of ether oxygens (including phenoxy) is 1. The van der Waals surface area contributed by atoms with Crippen LogP contribution in [0, 0.1) is 11.3 Å². The molecule has 4 heteroatoms. The summed E-state index contributed by atoms with van der Waals surface area (Å²) in [6.45, 7) is 2.13. The van der Waals surface area contributed by atoms with Crippen molar-refractivity contribution in [2.45, 2.75) is 13.0 Å². The lowest BCUT2D eigenvalue weighted by Crippen LogP contribution is -2.06. The molecule has 0 aliphatic heterocycles. The van der Waals surface area contributed by atoms with E-state index in [0.717, 1.165) is 16.3 Å². The summed E-state index contributed by atoms with van der Waals surface area (Å²) in [5, 5.41) is 12.6. The van der Waals surface area contributed by atoms with Crippen molar-refractivity contribution in [2.75, 3.05) is 11.9 Å². The number of anilines is 1. The van der Waals surface area contributed by atoms with E-state index in [2.05, 4.69) is 12.2 Å². The van der Waals surface area contributed by atoms with E-state index in [1.165, 1.54) is 0 Å². The highest BCUT2D eigenvalue weighted by Gasteiger charge is 2.05. The predicted molar refractivity (Wildman–Crippen MR) is 81.0 cm³/mol. The van der Waals surface area contributed by atoms with Gasteiger partial charge in [0, 0.05) is 22.8 Å². The normalized spacial score (nSPS) is 11.4. The largest absolute Gasteiger partial charge is 0.479 e. The van der Waals surface area contributed by atoms with Crippen LogP contribution in [-0.2, 0) is 0 Å². The lowest BCUT2D eigenvalue weighted by atomic mass is 10.1. The van der Waals surface area contributed by atoms with E-state index in [1.54, 1.807) is 0 Å². The van der Waals surface area contributed by atoms with Crippen molar-refractivity contribution in [1.82, 2.24) is 0 Å². The highest BCUT2D eigenvalue weighted by Crippen LogP contribution is 2.23. The number of benzene rings is 2. The average molecular weight is 287 g/mol. The van der Waals surface area contributed by atoms with Crippen LogP contribution >= 0.6 is 11.6 Å². The predicted octanol–water partition coefficient (Wildman–Crippen LogP) is 4.42. The quantitative estimate of drug-likeness (QED) is 0.885. The summed E-state index contributed by atoms with van der Waals surface area (Å²) >= 11 is 5.88. The molecule has 3 nitrogen and oxygen atoms in total. The van der Waals surface area contributed by atoms with Gasteiger partial charge in [-0.15, -0.1) is 0 Å². The molecule has 0 aliphatic carbocycles. The molecule has 2 aromatic carbocycles. The highest BCUT2D eigenvalue weighted by atomic mass is 35.5. The number of nitrogens with zero attached hydrogens (tertiary/aromatic N) is 1. The molecule has 2 aromatic rings. The van der Waals surface area contributed by atoms with Gasteiger partial charge in [0.25, 0.3) is 0 Å². The van der Waals surface area contributed by atoms with Gasteiger partial charge in [-0.05, 0) is 36.8 Å². The summed E-state index contributed by atoms with van der Waals surface area (Å²) in [6.07, 6.45) is 0. The van der Waals surface area contributed by atoms with Gasteiger partial charge in [-0.2, -0.15) is 5.26 Å². The number of hydrogen-bond acceptors (Lipinski definition) is 3. The smallest absolute Gasteiger partial charge is 0.174 e. The van der Waals surface area contributed by atoms with Crippen molar-refractivity contribution in [2.24, 2.45) is 0 Å². The summed E-state index contributed by atoms with van der Waals surface area (Å²) in [5.74, 6) is 0.680. The first kappa shape index (κ1) is 14.2. The van der Waals surface area contributed by atoms with E-state index < -0.39 is 0 Å². The van der Waals surface area contributed by atoms with Gasteiger partial charge in [-0.25, -0.2) is 0 Å². The molecule has 0 aliphatic rings. The van der Waals surface area contributed by atoms with Crippen molar-refractivity contribution in [3.63, 3.8) is 0 Å². The first-order chi connectivity index (χ1) is 9.69. The van der Waals surface area contributed by atoms with Crippen molar-refractivity contribution in [3.05, 3.63) is 59.1 Å². The Hall–Kier alpha value is -2.18. The van der Waals surface area contributed by atoms with Crippen molar-refractivity contribution >= 4 is 17.3 Å². The van der Waals surface area contributed by atoms with Crippen LogP contribution in [0.1, 0.15) is 18.5 Å². The van der Waals surface area contributed by atoms with Gasteiger partial charge in [0.2, 0.25) is 0 Å². The zero-order valence-electron chi connectivity index (χ0n) is 11.1. The van der Waals surface area contributed by atoms with Crippen LogP contribution in [0.25, 0.3) is 0 Å². The lowest BCUT2D eigenvalue weighted by molar-refractivity contribution is 0.368. The molecule has 0 heterocycles. The van der Waals surface area contributed by atoms with Crippen LogP contribution in [0.15, 0.2) is 48.5 Å². The van der Waals surface area contributed by atoms with Gasteiger partial charge in [-0.1, -0.05) is 29.8 Å². The van der Waals surface area contributed by atoms with Crippen molar-refractivity contribution < 1.29 is 4.74 Å². The molecule has 1 atom stereocenters. The van der Waals surface area contributed by atoms with Crippen LogP contribution in [0.5, 0.6) is 5.75 Å². The van der Waals surface area contributed by atoms with Crippen LogP contribution in [-0.4, -0.2) is 6.61 Å². The molecule has 0 spiro atoms. The van der Waals surface area contributed by atoms with E-state index in [-0.39, 0.29) is 12.6 Å². The Morgan fingerprint density at radius 2 is 2.00 bits per heavy atom. The van der Waals surface area contributed by atoms with Crippen molar-refractivity contribution in [1.29, 1.82) is 5.26 Å². The van der Waals surface area contributed by atoms with E-state index in [4.69, 9.17) is 21.6 Å². The third-order valence-electron chi connectivity index (χ3n) is 2.89. The first-order valence-corrected chi connectivity index (χ1v) is 6.68. The molecule has 0 saturated heterocycles. The molecule has 0 fully saturated rings. The summed E-state index contributed by atoms with van der Waals surface area (Å²) in [4.78, 5) is 0. The second kappa shape index (κ2) is 6.83. The molecule has 0 bridgehead atoms. The maximum atomic E-state index is 8.51. The molecular weight excluding hydrogens is 272 g/mol. The van der Waals surface area contributed by atoms with Crippen molar-refractivity contribution in [3.8, 4) is 11.8 Å². The maximum absolute atomic E-state index is 8.51. The standard InChI is InChI=1S/C16H15ClN2O/c1-12(13-5-7-14(17)8-6-13)19-15-3-2-4-16(11-15)20-10-9-18/h2-8,11-12,19H,10H2,1H3. The Morgan fingerprint density at radius 1 is 1.25 bits per heavy atom. The molecule has 20 heavy (non-hydrogen) atoms. The van der Waals surface area contributed by atoms with Gasteiger partial charge >= 0.3 is 0 Å². The third kappa shape index (κ3) is 3.91. The number of halogens is 1. The maximum Gasteiger partial charge on any atom is 0.174 e. The molecule has 2 rings (SSSR count). The van der Waals surface area contributed by atoms with Crippen LogP contribution in [0.3, 0.4) is 0 Å². The van der Waals surface area contributed by atoms with Gasteiger partial charge in [0.15, 0.2) is 6.61 Å². The fourth-order valence-electron chi connectivity index (χ4n) is 1.88. The van der Waals surface area contributed by atoms with Gasteiger partial charge in [0.1, 0.15) is 11.8 Å². The second-order valence-corrected chi connectivity index (χ2v) is 4.83. The Morgan fingerprint density at radius 3 is 2.70 bits per heavy atom. The Balaban J connectivity index is 2.05. The molecule has 0 saturated carbocycles. The molecular formula is C16H15ClN2O. The van der Waals surface area contributed by atoms with Gasteiger partial charge in [0.05, 0.1) is 0 Å². The number of nitrogens with one attached hydrogen (secondary N) is 1. The monoisotopic (exact) mass is 286 g/mol. The molecule has 1 unspecified atom stereocenters. The molecule has 0 radical (unpaired) electrons. The van der Waals surface area contributed by atoms with Gasteiger partial charge in [-0.3, -0.25) is 0 Å². The minimum Gasteiger partial charge on any atom is -0.479 e. The zero-order valence-corrected chi connectivity index (χ0v) is 11.9. The topological polar surface area (TPSA) is 45.0 Å². The van der Waals surface area contributed by atoms with Crippen LogP contribution in [0.2, 0.25) is 5.02 Å². The highest BCUT2D eigenvalue weighted by molar-refractivity contribution is 6.30. The first-order valence-electron chi connectivity index (χ1n) is 6.31. The SMILES string of the molecule is CC(Nc1cccc(OCC#N)c1)c1ccc(Cl)cc1. The van der Waals surface area contributed by atoms with E-state index >= 15 is 0 Å². The van der Waals surface area contributed by atoms with E-state index in [1.807, 2.05) is 54.6 Å². The summed E-state index contributed by atoms with van der Waals surface area (Å²) in [7, 11) is 0. The molecule has 0 amide bonds. The Kier molecular flexibility index (Phi) is 4.86. The molecule has 1 N–H and O–H groups in total. The fourth-order valence-corrected chi connectivity index (χ4v) is 2.00. The van der Waals surface area contributed by atoms with Crippen LogP contribution in [0.4, 0.5) is 5.69 Å². The van der Waals surface area contributed by atoms with Crippen LogP contribution < -0.4 is 10.1 Å². The Bertz CT molecular complexity index is 605. The third-order valence-corrected chi connectivity index (χ3v) is 3.14. The summed E-state index contributed by atoms with van der Waals surface area (Å²) in [6, 6.07) is 17.4. The molecule has 0 aromatic heterocycles. The van der Waals surface area contributed by atoms with E-state index in [0.29, 0.717) is 5.75 Å². The molecule has 102 valence electrons. The zero-order chi connectivity index (χ0) is 14.4. The van der Waals surface area contributed by atoms with E-state index in [9.17, 15) is 0 Å².